The van der Waals surface area contributed by atoms with Crippen LogP contribution in [0, 0.1) is 0 Å². The third kappa shape index (κ3) is 7.88. The number of carbonyl (C=O) groups is 2. The second-order valence-electron chi connectivity index (χ2n) is 7.00. The zero-order valence-electron chi connectivity index (χ0n) is 17.2. The molecule has 0 aliphatic carbocycles. The Morgan fingerprint density at radius 2 is 1.55 bits per heavy atom. The van der Waals surface area contributed by atoms with Crippen molar-refractivity contribution in [2.75, 3.05) is 6.54 Å². The predicted molar refractivity (Wildman–Crippen MR) is 120 cm³/mol. The molecular weight excluding hydrogens is 412 g/mol. The number of nitrogens with one attached hydrogen (secondary N) is 1. The molecule has 6 nitrogen and oxygen atoms in total. The lowest BCUT2D eigenvalue weighted by Crippen LogP contribution is -2.26. The predicted octanol–water partition coefficient (Wildman–Crippen LogP) is 4.35. The second-order valence-corrected chi connectivity index (χ2v) is 8.20. The summed E-state index contributed by atoms with van der Waals surface area (Å²) in [6.07, 6.45) is -0.0529. The van der Waals surface area contributed by atoms with Crippen LogP contribution in [-0.4, -0.2) is 18.5 Å². The van der Waals surface area contributed by atoms with Crippen LogP contribution in [0.15, 0.2) is 72.8 Å². The standard InChI is InChI=1S/C24H26N2O4S/c25-23(27)15-21(29-16-18-7-3-1-4-8-18)22-12-11-20(31-22)13-14-26-24(28)30-17-19-9-5-2-6-10-19/h1-12,21H,13-17H2,(H2,25,27)(H,26,28). The Morgan fingerprint density at radius 3 is 2.19 bits per heavy atom. The molecule has 3 aromatic rings. The Hall–Kier alpha value is -3.16. The zero-order chi connectivity index (χ0) is 21.9. The monoisotopic (exact) mass is 438 g/mol. The number of carbonyl (C=O) groups excluding carboxylic acids is 2. The van der Waals surface area contributed by atoms with Crippen molar-refractivity contribution >= 4 is 23.3 Å². The van der Waals surface area contributed by atoms with Crippen molar-refractivity contribution in [1.29, 1.82) is 0 Å². The van der Waals surface area contributed by atoms with Gasteiger partial charge in [0.05, 0.1) is 13.0 Å². The van der Waals surface area contributed by atoms with E-state index in [4.69, 9.17) is 15.2 Å². The second kappa shape index (κ2) is 11.9. The quantitative estimate of drug-likeness (QED) is 0.466. The van der Waals surface area contributed by atoms with Crippen LogP contribution in [-0.2, 0) is 33.9 Å². The Bertz CT molecular complexity index is 960. The zero-order valence-corrected chi connectivity index (χ0v) is 18.0. The Labute approximate surface area is 186 Å². The number of benzene rings is 2. The van der Waals surface area contributed by atoms with Gasteiger partial charge < -0.3 is 20.5 Å². The first-order chi connectivity index (χ1) is 15.1. The van der Waals surface area contributed by atoms with Gasteiger partial charge in [0.2, 0.25) is 5.91 Å². The molecule has 1 unspecified atom stereocenters. The molecule has 1 heterocycles. The van der Waals surface area contributed by atoms with Gasteiger partial charge >= 0.3 is 6.09 Å². The number of primary amides is 1. The summed E-state index contributed by atoms with van der Waals surface area (Å²) in [5, 5.41) is 2.76. The number of hydrogen-bond acceptors (Lipinski definition) is 5. The fraction of sp³-hybridized carbons (Fsp3) is 0.250. The van der Waals surface area contributed by atoms with Crippen molar-refractivity contribution in [3.05, 3.63) is 93.7 Å². The highest BCUT2D eigenvalue weighted by Crippen LogP contribution is 2.29. The van der Waals surface area contributed by atoms with E-state index in [1.54, 1.807) is 11.3 Å². The summed E-state index contributed by atoms with van der Waals surface area (Å²) in [6.45, 7) is 1.10. The molecular formula is C24H26N2O4S. The summed E-state index contributed by atoms with van der Waals surface area (Å²) in [5.74, 6) is -0.407. The van der Waals surface area contributed by atoms with Crippen LogP contribution in [0.25, 0.3) is 0 Å². The van der Waals surface area contributed by atoms with E-state index in [1.165, 1.54) is 0 Å². The number of amides is 2. The lowest BCUT2D eigenvalue weighted by Gasteiger charge is -2.15. The Balaban J connectivity index is 1.46. The van der Waals surface area contributed by atoms with Gasteiger partial charge in [0, 0.05) is 16.3 Å². The van der Waals surface area contributed by atoms with Crippen LogP contribution in [0.3, 0.4) is 0 Å². The molecule has 0 aliphatic heterocycles. The van der Waals surface area contributed by atoms with Gasteiger partial charge in [-0.1, -0.05) is 60.7 Å². The first-order valence-electron chi connectivity index (χ1n) is 10.1. The fourth-order valence-electron chi connectivity index (χ4n) is 2.96. The van der Waals surface area contributed by atoms with Gasteiger partial charge in [-0.05, 0) is 29.7 Å². The summed E-state index contributed by atoms with van der Waals surface area (Å²) in [5.41, 5.74) is 7.39. The van der Waals surface area contributed by atoms with Crippen molar-refractivity contribution in [2.45, 2.75) is 32.2 Å². The minimum Gasteiger partial charge on any atom is -0.445 e. The molecule has 0 fully saturated rings. The molecule has 0 spiro atoms. The highest BCUT2D eigenvalue weighted by molar-refractivity contribution is 7.12. The molecule has 0 bridgehead atoms. The van der Waals surface area contributed by atoms with Crippen LogP contribution in [0.2, 0.25) is 0 Å². The van der Waals surface area contributed by atoms with Crippen LogP contribution in [0.5, 0.6) is 0 Å². The average Bonchev–Trinajstić information content (AvgIpc) is 3.25. The molecule has 162 valence electrons. The first kappa shape index (κ1) is 22.5. The Kier molecular flexibility index (Phi) is 8.63. The summed E-state index contributed by atoms with van der Waals surface area (Å²) in [4.78, 5) is 25.4. The topological polar surface area (TPSA) is 90.7 Å². The number of thiophene rings is 1. The van der Waals surface area contributed by atoms with E-state index in [2.05, 4.69) is 5.32 Å². The maximum Gasteiger partial charge on any atom is 0.407 e. The van der Waals surface area contributed by atoms with Crippen molar-refractivity contribution < 1.29 is 19.1 Å². The SMILES string of the molecule is NC(=O)CC(OCc1ccccc1)c1ccc(CCNC(=O)OCc2ccccc2)s1. The number of hydrogen-bond donors (Lipinski definition) is 2. The summed E-state index contributed by atoms with van der Waals surface area (Å²) >= 11 is 1.56. The van der Waals surface area contributed by atoms with E-state index in [1.807, 2.05) is 72.8 Å². The van der Waals surface area contributed by atoms with E-state index in [0.29, 0.717) is 19.6 Å². The van der Waals surface area contributed by atoms with Gasteiger partial charge in [-0.25, -0.2) is 4.79 Å². The smallest absolute Gasteiger partial charge is 0.407 e. The summed E-state index contributed by atoms with van der Waals surface area (Å²) in [6, 6.07) is 23.3. The van der Waals surface area contributed by atoms with Crippen molar-refractivity contribution in [3.8, 4) is 0 Å². The van der Waals surface area contributed by atoms with E-state index in [9.17, 15) is 9.59 Å². The summed E-state index contributed by atoms with van der Waals surface area (Å²) < 4.78 is 11.2. The third-order valence-electron chi connectivity index (χ3n) is 4.53. The molecule has 2 amide bonds. The number of nitrogens with two attached hydrogens (primary N) is 1. The van der Waals surface area contributed by atoms with Crippen LogP contribution < -0.4 is 11.1 Å². The molecule has 7 heteroatoms. The lowest BCUT2D eigenvalue weighted by molar-refractivity contribution is -0.121. The number of rotatable bonds is 11. The highest BCUT2D eigenvalue weighted by Gasteiger charge is 2.18. The molecule has 0 radical (unpaired) electrons. The molecule has 0 saturated carbocycles. The molecule has 2 aromatic carbocycles. The van der Waals surface area contributed by atoms with E-state index in [-0.39, 0.29) is 19.1 Å². The molecule has 0 saturated heterocycles. The molecule has 3 N–H and O–H groups in total. The molecule has 1 aromatic heterocycles. The fourth-order valence-corrected chi connectivity index (χ4v) is 4.02. The van der Waals surface area contributed by atoms with Gasteiger partial charge in [-0.3, -0.25) is 4.79 Å². The lowest BCUT2D eigenvalue weighted by atomic mass is 10.2. The minimum absolute atomic E-state index is 0.122. The maximum absolute atomic E-state index is 11.9. The van der Waals surface area contributed by atoms with Crippen LogP contribution in [0.4, 0.5) is 4.79 Å². The first-order valence-corrected chi connectivity index (χ1v) is 10.9. The van der Waals surface area contributed by atoms with Gasteiger partial charge in [-0.2, -0.15) is 0 Å². The highest BCUT2D eigenvalue weighted by atomic mass is 32.1. The van der Waals surface area contributed by atoms with Crippen LogP contribution >= 0.6 is 11.3 Å². The third-order valence-corrected chi connectivity index (χ3v) is 5.77. The Morgan fingerprint density at radius 1 is 0.903 bits per heavy atom. The van der Waals surface area contributed by atoms with Crippen molar-refractivity contribution in [2.24, 2.45) is 5.73 Å². The molecule has 31 heavy (non-hydrogen) atoms. The van der Waals surface area contributed by atoms with E-state index >= 15 is 0 Å². The van der Waals surface area contributed by atoms with Gasteiger partial charge in [0.15, 0.2) is 0 Å². The number of alkyl carbamates (subject to hydrolysis) is 1. The van der Waals surface area contributed by atoms with Crippen molar-refractivity contribution in [1.82, 2.24) is 5.32 Å². The number of ether oxygens (including phenoxy) is 2. The normalized spacial score (nSPS) is 11.6. The molecule has 0 aliphatic rings. The van der Waals surface area contributed by atoms with Crippen molar-refractivity contribution in [3.63, 3.8) is 0 Å². The van der Waals surface area contributed by atoms with E-state index in [0.717, 1.165) is 20.9 Å². The van der Waals surface area contributed by atoms with Crippen LogP contribution in [0.1, 0.15) is 33.4 Å². The molecule has 3 rings (SSSR count). The van der Waals surface area contributed by atoms with E-state index < -0.39 is 12.0 Å². The van der Waals surface area contributed by atoms with Gasteiger partial charge in [0.25, 0.3) is 0 Å². The van der Waals surface area contributed by atoms with Gasteiger partial charge in [0.1, 0.15) is 12.7 Å². The molecule has 1 atom stereocenters. The maximum atomic E-state index is 11.9. The minimum atomic E-state index is -0.446. The average molecular weight is 439 g/mol. The largest absolute Gasteiger partial charge is 0.445 e. The summed E-state index contributed by atoms with van der Waals surface area (Å²) in [7, 11) is 0. The van der Waals surface area contributed by atoms with Gasteiger partial charge in [-0.15, -0.1) is 11.3 Å².